The first-order valence-corrected chi connectivity index (χ1v) is 7.91. The molecule has 2 aromatic heterocycles. The fourth-order valence-electron chi connectivity index (χ4n) is 1.92. The van der Waals surface area contributed by atoms with E-state index in [9.17, 15) is 0 Å². The van der Waals surface area contributed by atoms with Crippen LogP contribution in [0.1, 0.15) is 0 Å². The monoisotopic (exact) mass is 375 g/mol. The molecule has 1 aliphatic heterocycles. The van der Waals surface area contributed by atoms with Crippen molar-refractivity contribution < 1.29 is 4.74 Å². The van der Waals surface area contributed by atoms with E-state index in [1.54, 1.807) is 12.3 Å². The lowest BCUT2D eigenvalue weighted by molar-refractivity contribution is 0.122. The summed E-state index contributed by atoms with van der Waals surface area (Å²) in [5, 5.41) is 1.50. The maximum Gasteiger partial charge on any atom is 0.125 e. The summed E-state index contributed by atoms with van der Waals surface area (Å²) >= 11 is 17.1. The largest absolute Gasteiger partial charge is 0.384 e. The number of nitrogens with zero attached hydrogens (tertiary/aromatic N) is 3. The Hall–Kier alpha value is -1.47. The third-order valence-electron chi connectivity index (χ3n) is 3.04. The number of hydrogen-bond donors (Lipinski definition) is 2. The number of anilines is 3. The molecule has 3 heterocycles. The molecule has 0 atom stereocenters. The van der Waals surface area contributed by atoms with Crippen molar-refractivity contribution in [3.63, 3.8) is 0 Å². The summed E-state index contributed by atoms with van der Waals surface area (Å²) < 4.78 is 5.26. The minimum absolute atomic E-state index is 0.379. The number of halogens is 3. The Balaban J connectivity index is 0.000000185. The van der Waals surface area contributed by atoms with Gasteiger partial charge in [-0.05, 0) is 0 Å². The Labute approximate surface area is 149 Å². The van der Waals surface area contributed by atoms with E-state index in [-0.39, 0.29) is 0 Å². The molecule has 1 saturated heterocycles. The molecule has 0 radical (unpaired) electrons. The lowest BCUT2D eigenvalue weighted by Gasteiger charge is -2.29. The SMILES string of the molecule is Nc1cc(Cl)c(Cl)cn1.Nc1cc(N2CCOCC2)c(Cl)cn1. The predicted octanol–water partition coefficient (Wildman–Crippen LogP) is 3.12. The van der Waals surface area contributed by atoms with Crippen molar-refractivity contribution in [2.75, 3.05) is 42.7 Å². The van der Waals surface area contributed by atoms with E-state index in [0.717, 1.165) is 32.0 Å². The number of hydrogen-bond acceptors (Lipinski definition) is 6. The first kappa shape index (κ1) is 17.9. The second-order valence-electron chi connectivity index (χ2n) is 4.68. The Kier molecular flexibility index (Phi) is 6.53. The van der Waals surface area contributed by atoms with Crippen molar-refractivity contribution in [3.8, 4) is 0 Å². The molecule has 4 N–H and O–H groups in total. The standard InChI is InChI=1S/C9H12ClN3O.C5H4Cl2N2/c10-7-6-12-9(11)5-8(7)13-1-3-14-4-2-13;6-3-1-5(8)9-2-4(3)7/h5-6H,1-4H2,(H2,11,12);1-2H,(H2,8,9). The number of nitrogens with two attached hydrogens (primary N) is 2. The minimum Gasteiger partial charge on any atom is -0.384 e. The normalized spacial score (nSPS) is 14.1. The molecule has 23 heavy (non-hydrogen) atoms. The molecule has 124 valence electrons. The smallest absolute Gasteiger partial charge is 0.125 e. The summed E-state index contributed by atoms with van der Waals surface area (Å²) in [5.74, 6) is 0.875. The number of morpholine rings is 1. The quantitative estimate of drug-likeness (QED) is 0.794. The highest BCUT2D eigenvalue weighted by atomic mass is 35.5. The Bertz CT molecular complexity index is 665. The van der Waals surface area contributed by atoms with Crippen LogP contribution in [-0.2, 0) is 4.74 Å². The highest BCUT2D eigenvalue weighted by Gasteiger charge is 2.14. The maximum atomic E-state index is 6.03. The van der Waals surface area contributed by atoms with Gasteiger partial charge in [-0.15, -0.1) is 0 Å². The van der Waals surface area contributed by atoms with Gasteiger partial charge in [0.25, 0.3) is 0 Å². The van der Waals surface area contributed by atoms with Crippen LogP contribution in [0, 0.1) is 0 Å². The third kappa shape index (κ3) is 5.28. The van der Waals surface area contributed by atoms with Gasteiger partial charge < -0.3 is 21.1 Å². The van der Waals surface area contributed by atoms with Crippen molar-refractivity contribution in [1.82, 2.24) is 9.97 Å². The fourth-order valence-corrected chi connectivity index (χ4v) is 2.41. The van der Waals surface area contributed by atoms with Gasteiger partial charge in [0, 0.05) is 37.6 Å². The maximum absolute atomic E-state index is 6.03. The fraction of sp³-hybridized carbons (Fsp3) is 0.286. The van der Waals surface area contributed by atoms with Crippen molar-refractivity contribution in [1.29, 1.82) is 0 Å². The van der Waals surface area contributed by atoms with E-state index in [4.69, 9.17) is 51.0 Å². The first-order chi connectivity index (χ1) is 11.0. The van der Waals surface area contributed by atoms with Gasteiger partial charge in [0.1, 0.15) is 11.6 Å². The second kappa shape index (κ2) is 8.40. The highest BCUT2D eigenvalue weighted by molar-refractivity contribution is 6.42. The first-order valence-electron chi connectivity index (χ1n) is 6.77. The lowest BCUT2D eigenvalue weighted by Crippen LogP contribution is -2.36. The number of rotatable bonds is 1. The molecule has 1 fully saturated rings. The Morgan fingerprint density at radius 1 is 0.870 bits per heavy atom. The molecular formula is C14H16Cl3N5O. The van der Waals surface area contributed by atoms with Gasteiger partial charge in [-0.3, -0.25) is 0 Å². The molecule has 0 aliphatic carbocycles. The van der Waals surface area contributed by atoms with Crippen LogP contribution in [0.3, 0.4) is 0 Å². The van der Waals surface area contributed by atoms with E-state index in [1.165, 1.54) is 12.3 Å². The summed E-state index contributed by atoms with van der Waals surface area (Å²) in [6.07, 6.45) is 3.00. The molecule has 0 saturated carbocycles. The van der Waals surface area contributed by atoms with Gasteiger partial charge in [-0.25, -0.2) is 9.97 Å². The topological polar surface area (TPSA) is 90.3 Å². The van der Waals surface area contributed by atoms with Crippen LogP contribution < -0.4 is 16.4 Å². The summed E-state index contributed by atoms with van der Waals surface area (Å²) in [7, 11) is 0. The van der Waals surface area contributed by atoms with E-state index in [1.807, 2.05) is 0 Å². The Morgan fingerprint density at radius 3 is 2.00 bits per heavy atom. The molecule has 0 amide bonds. The number of pyridine rings is 2. The highest BCUT2D eigenvalue weighted by Crippen LogP contribution is 2.26. The van der Waals surface area contributed by atoms with Crippen LogP contribution in [0.5, 0.6) is 0 Å². The van der Waals surface area contributed by atoms with Gasteiger partial charge in [0.05, 0.1) is 34.0 Å². The average Bonchev–Trinajstić information content (AvgIpc) is 2.55. The molecule has 0 unspecified atom stereocenters. The molecule has 9 heteroatoms. The number of nitrogen functional groups attached to an aromatic ring is 2. The molecule has 2 aromatic rings. The summed E-state index contributed by atoms with van der Waals surface area (Å²) in [6.45, 7) is 3.17. The van der Waals surface area contributed by atoms with E-state index in [2.05, 4.69) is 14.9 Å². The zero-order valence-corrected chi connectivity index (χ0v) is 14.4. The second-order valence-corrected chi connectivity index (χ2v) is 5.90. The summed E-state index contributed by atoms with van der Waals surface area (Å²) in [5.41, 5.74) is 11.8. The van der Waals surface area contributed by atoms with E-state index in [0.29, 0.717) is 26.7 Å². The van der Waals surface area contributed by atoms with Crippen LogP contribution in [0.15, 0.2) is 24.5 Å². The summed E-state index contributed by atoms with van der Waals surface area (Å²) in [4.78, 5) is 9.78. The van der Waals surface area contributed by atoms with Gasteiger partial charge in [0.15, 0.2) is 0 Å². The molecular weight excluding hydrogens is 361 g/mol. The van der Waals surface area contributed by atoms with E-state index >= 15 is 0 Å². The van der Waals surface area contributed by atoms with Crippen molar-refractivity contribution in [3.05, 3.63) is 39.6 Å². The molecule has 0 aromatic carbocycles. The van der Waals surface area contributed by atoms with Crippen molar-refractivity contribution in [2.45, 2.75) is 0 Å². The molecule has 0 bridgehead atoms. The molecule has 1 aliphatic rings. The van der Waals surface area contributed by atoms with Crippen LogP contribution >= 0.6 is 34.8 Å². The zero-order valence-electron chi connectivity index (χ0n) is 12.2. The minimum atomic E-state index is 0.379. The third-order valence-corrected chi connectivity index (χ3v) is 4.04. The average molecular weight is 377 g/mol. The van der Waals surface area contributed by atoms with Gasteiger partial charge in [-0.2, -0.15) is 0 Å². The molecule has 6 nitrogen and oxygen atoms in total. The van der Waals surface area contributed by atoms with Crippen molar-refractivity contribution >= 4 is 52.1 Å². The van der Waals surface area contributed by atoms with Gasteiger partial charge in [-0.1, -0.05) is 34.8 Å². The molecule has 3 rings (SSSR count). The Morgan fingerprint density at radius 2 is 1.43 bits per heavy atom. The number of aromatic nitrogens is 2. The number of ether oxygens (including phenoxy) is 1. The van der Waals surface area contributed by atoms with Crippen LogP contribution in [0.2, 0.25) is 15.1 Å². The zero-order chi connectivity index (χ0) is 16.8. The van der Waals surface area contributed by atoms with Gasteiger partial charge in [0.2, 0.25) is 0 Å². The van der Waals surface area contributed by atoms with Crippen LogP contribution in [0.25, 0.3) is 0 Å². The van der Waals surface area contributed by atoms with Crippen molar-refractivity contribution in [2.24, 2.45) is 0 Å². The van der Waals surface area contributed by atoms with Gasteiger partial charge >= 0.3 is 0 Å². The van der Waals surface area contributed by atoms with E-state index < -0.39 is 0 Å². The summed E-state index contributed by atoms with van der Waals surface area (Å²) in [6, 6.07) is 3.30. The predicted molar refractivity (Wildman–Crippen MR) is 95.4 cm³/mol. The van der Waals surface area contributed by atoms with Crippen LogP contribution in [0.4, 0.5) is 17.3 Å². The lowest BCUT2D eigenvalue weighted by atomic mass is 10.3. The van der Waals surface area contributed by atoms with Crippen LogP contribution in [-0.4, -0.2) is 36.3 Å². The molecule has 0 spiro atoms.